The van der Waals surface area contributed by atoms with E-state index in [0.29, 0.717) is 19.7 Å². The van der Waals surface area contributed by atoms with Crippen molar-refractivity contribution in [3.63, 3.8) is 0 Å². The number of thioether (sulfide) groups is 3. The van der Waals surface area contributed by atoms with Gasteiger partial charge in [-0.15, -0.1) is 23.1 Å². The molecule has 2 amide bonds. The Balaban J connectivity index is 0.00000442. The molecule has 5 heterocycles. The van der Waals surface area contributed by atoms with Crippen molar-refractivity contribution in [2.45, 2.75) is 26.5 Å². The molecule has 22 heteroatoms. The van der Waals surface area contributed by atoms with Gasteiger partial charge in [0, 0.05) is 40.2 Å². The van der Waals surface area contributed by atoms with Gasteiger partial charge in [-0.05, 0) is 5.57 Å². The van der Waals surface area contributed by atoms with E-state index < -0.39 is 40.4 Å². The number of β-lactam (4-membered cyclic amide) rings is 1. The van der Waals surface area contributed by atoms with Crippen molar-refractivity contribution in [2.24, 2.45) is 5.16 Å². The molecule has 2 aliphatic heterocycles. The van der Waals surface area contributed by atoms with Crippen molar-refractivity contribution in [2.75, 3.05) is 24.3 Å². The molecule has 0 unspecified atom stereocenters. The molecule has 16 nitrogen and oxygen atoms in total. The molecule has 3 aromatic rings. The van der Waals surface area contributed by atoms with Crippen LogP contribution in [-0.4, -0.2) is 87.8 Å². The van der Waals surface area contributed by atoms with E-state index in [2.05, 4.69) is 24.8 Å². The zero-order valence-corrected chi connectivity index (χ0v) is 28.7. The van der Waals surface area contributed by atoms with Crippen molar-refractivity contribution in [1.29, 1.82) is 0 Å². The molecule has 5 rings (SSSR count). The number of fused-ring (bicyclic) bond motifs is 1. The molecular weight excluding hydrogens is 688 g/mol. The second-order valence-corrected chi connectivity index (χ2v) is 13.5. The van der Waals surface area contributed by atoms with Crippen LogP contribution in [0.25, 0.3) is 0 Å². The summed E-state index contributed by atoms with van der Waals surface area (Å²) >= 11 is 6.00. The van der Waals surface area contributed by atoms with E-state index in [9.17, 15) is 34.6 Å². The third-order valence-electron chi connectivity index (χ3n) is 5.87. The van der Waals surface area contributed by atoms with Gasteiger partial charge in [0.2, 0.25) is 17.0 Å². The van der Waals surface area contributed by atoms with Gasteiger partial charge in [-0.2, -0.15) is 14.1 Å². The molecule has 226 valence electrons. The number of nitrogens with one attached hydrogen (secondary N) is 1. The van der Waals surface area contributed by atoms with E-state index >= 15 is 0 Å². The quantitative estimate of drug-likeness (QED) is 0.0378. The van der Waals surface area contributed by atoms with E-state index in [1.165, 1.54) is 53.7 Å². The number of hydrogen-bond donors (Lipinski definition) is 4. The number of aliphatic carboxylic acids is 1. The number of carboxylic acids is 1. The summed E-state index contributed by atoms with van der Waals surface area (Å²) in [6.07, 6.45) is 0.915. The van der Waals surface area contributed by atoms with Gasteiger partial charge < -0.3 is 36.1 Å². The molecular formula is C22H19N8NaO8S5. The zero-order valence-electron chi connectivity index (χ0n) is 22.7. The number of rotatable bonds is 11. The molecule has 2 atom stereocenters. The maximum atomic E-state index is 13.0. The van der Waals surface area contributed by atoms with Gasteiger partial charge in [-0.25, -0.2) is 4.98 Å². The number of aromatic nitrogens is 4. The van der Waals surface area contributed by atoms with Crippen molar-refractivity contribution < 1.29 is 64.2 Å². The number of oxime groups is 1. The van der Waals surface area contributed by atoms with Crippen LogP contribution in [0.1, 0.15) is 11.5 Å². The van der Waals surface area contributed by atoms with E-state index in [1.807, 2.05) is 0 Å². The normalized spacial score (nSPS) is 17.9. The Kier molecular flexibility index (Phi) is 11.3. The molecule has 1 saturated heterocycles. The number of carboxylic acid groups (broad SMARTS) is 1. The minimum absolute atomic E-state index is 0. The van der Waals surface area contributed by atoms with Gasteiger partial charge in [-0.1, -0.05) is 28.7 Å². The summed E-state index contributed by atoms with van der Waals surface area (Å²) in [5.41, 5.74) is 5.17. The molecule has 1 fully saturated rings. The SMILES string of the molecule is CO/N=C(\C(=O)N[C@@H]1C(=O)N2C(C(=O)[O-])=C(CSc3nc(SCc4cc(=O)c(O)cn4O)cs3)CS[C@@H]12)c1nsc(N)n1.[Na+]. The smallest absolute Gasteiger partial charge is 0.543 e. The molecule has 0 aromatic carbocycles. The van der Waals surface area contributed by atoms with Gasteiger partial charge in [0.1, 0.15) is 23.6 Å². The number of thiazole rings is 1. The van der Waals surface area contributed by atoms with Gasteiger partial charge >= 0.3 is 29.6 Å². The monoisotopic (exact) mass is 706 g/mol. The predicted octanol–water partition coefficient (Wildman–Crippen LogP) is -3.48. The number of pyridine rings is 1. The summed E-state index contributed by atoms with van der Waals surface area (Å²) in [5, 5.41) is 39.4. The third kappa shape index (κ3) is 7.19. The van der Waals surface area contributed by atoms with Crippen LogP contribution < -0.4 is 51.1 Å². The van der Waals surface area contributed by atoms with Gasteiger partial charge in [-0.3, -0.25) is 19.3 Å². The molecule has 0 radical (unpaired) electrons. The molecule has 3 aromatic heterocycles. The number of amides is 2. The van der Waals surface area contributed by atoms with E-state index in [-0.39, 0.29) is 74.9 Å². The van der Waals surface area contributed by atoms with Gasteiger partial charge in [0.25, 0.3) is 11.8 Å². The summed E-state index contributed by atoms with van der Waals surface area (Å²) < 4.78 is 5.24. The Bertz CT molecular complexity index is 1730. The van der Waals surface area contributed by atoms with Crippen LogP contribution in [-0.2, 0) is 25.0 Å². The zero-order chi connectivity index (χ0) is 30.8. The number of anilines is 1. The van der Waals surface area contributed by atoms with Crippen LogP contribution in [0.15, 0.2) is 48.2 Å². The number of nitrogen functional groups attached to an aromatic ring is 1. The first kappa shape index (κ1) is 34.1. The Morgan fingerprint density at radius 1 is 1.30 bits per heavy atom. The number of nitrogens with zero attached hydrogens (tertiary/aromatic N) is 6. The summed E-state index contributed by atoms with van der Waals surface area (Å²) in [7, 11) is 1.23. The largest absolute Gasteiger partial charge is 1.00 e. The minimum Gasteiger partial charge on any atom is -0.543 e. The molecule has 2 aliphatic rings. The molecule has 0 saturated carbocycles. The fourth-order valence-electron chi connectivity index (χ4n) is 3.93. The number of carbonyl (C=O) groups is 3. The van der Waals surface area contributed by atoms with Crippen LogP contribution in [0.3, 0.4) is 0 Å². The standard InChI is InChI=1S/C22H20N8O8S5.Na/c1-38-27-13(16-26-21(23)43-28-16)17(33)25-14-18(34)30-15(20(35)36)8(4-40-19(14)30)5-41-22-24-12(7-42-22)39-6-9-2-10(31)11(32)3-29(9)37;/h2-3,7,14,19,32,37H,4-6H2,1H3,(H,25,33)(H,35,36)(H2,23,26,28);/q;+1/p-1/b27-13-;/t14-,19+;/m1./s1. The fraction of sp³-hybridized carbons (Fsp3) is 0.273. The Labute approximate surface area is 290 Å². The van der Waals surface area contributed by atoms with E-state index in [4.69, 9.17) is 10.6 Å². The van der Waals surface area contributed by atoms with E-state index in [1.54, 1.807) is 5.38 Å². The fourth-order valence-corrected chi connectivity index (χ4v) is 8.74. The maximum Gasteiger partial charge on any atom is 1.00 e. The number of carbonyl (C=O) groups excluding carboxylic acids is 3. The average Bonchev–Trinajstić information content (AvgIpc) is 3.62. The number of nitrogens with two attached hydrogens (primary N) is 1. The number of hydrogen-bond acceptors (Lipinski definition) is 18. The molecule has 44 heavy (non-hydrogen) atoms. The second-order valence-electron chi connectivity index (χ2n) is 8.57. The van der Waals surface area contributed by atoms with Crippen LogP contribution in [0.2, 0.25) is 0 Å². The predicted molar refractivity (Wildman–Crippen MR) is 157 cm³/mol. The molecule has 5 N–H and O–H groups in total. The van der Waals surface area contributed by atoms with Crippen LogP contribution >= 0.6 is 58.2 Å². The van der Waals surface area contributed by atoms with Crippen molar-refractivity contribution in [1.82, 2.24) is 29.3 Å². The third-order valence-corrected chi connectivity index (χ3v) is 11.0. The van der Waals surface area contributed by atoms with Crippen LogP contribution in [0.4, 0.5) is 5.13 Å². The first-order valence-corrected chi connectivity index (χ1v) is 16.5. The van der Waals surface area contributed by atoms with Gasteiger partial charge in [0.05, 0.1) is 23.6 Å². The van der Waals surface area contributed by atoms with Gasteiger partial charge in [0.15, 0.2) is 15.2 Å². The molecule has 0 aliphatic carbocycles. The first-order valence-electron chi connectivity index (χ1n) is 11.8. The van der Waals surface area contributed by atoms with Crippen LogP contribution in [0, 0.1) is 0 Å². The Morgan fingerprint density at radius 3 is 2.75 bits per heavy atom. The Hall–Kier alpha value is -2.79. The summed E-state index contributed by atoms with van der Waals surface area (Å²) in [6.45, 7) is 0. The molecule has 0 spiro atoms. The van der Waals surface area contributed by atoms with Crippen LogP contribution in [0.5, 0.6) is 5.75 Å². The van der Waals surface area contributed by atoms with Crippen molar-refractivity contribution >= 4 is 86.8 Å². The average molecular weight is 707 g/mol. The summed E-state index contributed by atoms with van der Waals surface area (Å²) in [6, 6.07) is 0.0985. The first-order chi connectivity index (χ1) is 20.6. The Morgan fingerprint density at radius 2 is 2.07 bits per heavy atom. The van der Waals surface area contributed by atoms with Crippen molar-refractivity contribution in [3.8, 4) is 5.75 Å². The van der Waals surface area contributed by atoms with Crippen molar-refractivity contribution in [3.05, 3.63) is 50.7 Å². The second kappa shape index (κ2) is 14.5. The van der Waals surface area contributed by atoms with E-state index in [0.717, 1.165) is 28.7 Å². The minimum atomic E-state index is -1.51. The topological polar surface area (TPSA) is 238 Å². The number of aromatic hydroxyl groups is 1. The maximum absolute atomic E-state index is 13.0. The summed E-state index contributed by atoms with van der Waals surface area (Å²) in [5.74, 6) is -2.87. The molecule has 0 bridgehead atoms. The summed E-state index contributed by atoms with van der Waals surface area (Å²) in [4.78, 5) is 63.8.